The Balaban J connectivity index is 1.90. The van der Waals surface area contributed by atoms with Crippen molar-refractivity contribution in [3.8, 4) is 0 Å². The van der Waals surface area contributed by atoms with Gasteiger partial charge < -0.3 is 15.5 Å². The number of aromatic nitrogens is 3. The summed E-state index contributed by atoms with van der Waals surface area (Å²) in [6.07, 6.45) is 2.83. The van der Waals surface area contributed by atoms with Crippen LogP contribution in [-0.4, -0.2) is 52.2 Å². The van der Waals surface area contributed by atoms with E-state index in [-0.39, 0.29) is 12.1 Å². The molecule has 2 heterocycles. The fraction of sp³-hybridized carbons (Fsp3) is 0.562. The molecule has 0 aliphatic heterocycles. The quantitative estimate of drug-likeness (QED) is 0.811. The smallest absolute Gasteiger partial charge is 0.315 e. The van der Waals surface area contributed by atoms with Crippen LogP contribution in [-0.2, 0) is 6.54 Å². The number of nitrogens with one attached hydrogen (secondary N) is 2. The summed E-state index contributed by atoms with van der Waals surface area (Å²) >= 11 is 0. The zero-order valence-corrected chi connectivity index (χ0v) is 14.3. The van der Waals surface area contributed by atoms with E-state index >= 15 is 0 Å². The van der Waals surface area contributed by atoms with Gasteiger partial charge in [-0.2, -0.15) is 0 Å². The van der Waals surface area contributed by atoms with Crippen molar-refractivity contribution >= 4 is 11.7 Å². The Bertz CT molecular complexity index is 626. The van der Waals surface area contributed by atoms with Gasteiger partial charge in [0.25, 0.3) is 0 Å². The van der Waals surface area contributed by atoms with Crippen LogP contribution in [0.4, 0.5) is 4.79 Å². The zero-order valence-electron chi connectivity index (χ0n) is 14.3. The molecule has 2 aromatic rings. The Morgan fingerprint density at radius 1 is 1.30 bits per heavy atom. The first kappa shape index (κ1) is 17.2. The lowest BCUT2D eigenvalue weighted by molar-refractivity contribution is 0.228. The second-order valence-electron chi connectivity index (χ2n) is 6.46. The first-order chi connectivity index (χ1) is 11.0. The number of fused-ring (bicyclic) bond motifs is 1. The number of carbonyl (C=O) groups excluding carboxylic acids is 1. The third-order valence-electron chi connectivity index (χ3n) is 3.47. The van der Waals surface area contributed by atoms with Crippen molar-refractivity contribution in [1.29, 1.82) is 0 Å². The van der Waals surface area contributed by atoms with Gasteiger partial charge in [-0.3, -0.25) is 4.40 Å². The van der Waals surface area contributed by atoms with Crippen molar-refractivity contribution in [2.24, 2.45) is 5.92 Å². The van der Waals surface area contributed by atoms with Crippen LogP contribution in [0.2, 0.25) is 0 Å². The lowest BCUT2D eigenvalue weighted by Gasteiger charge is -2.24. The van der Waals surface area contributed by atoms with Gasteiger partial charge in [0.15, 0.2) is 11.5 Å². The number of carbonyl (C=O) groups is 1. The fourth-order valence-corrected chi connectivity index (χ4v) is 2.60. The lowest BCUT2D eigenvalue weighted by Crippen LogP contribution is -2.46. The molecular formula is C16H26N6O. The highest BCUT2D eigenvalue weighted by molar-refractivity contribution is 5.74. The average Bonchev–Trinajstić information content (AvgIpc) is 2.87. The monoisotopic (exact) mass is 318 g/mol. The topological polar surface area (TPSA) is 74.6 Å². The molecule has 0 saturated carbocycles. The van der Waals surface area contributed by atoms with Gasteiger partial charge in [0.2, 0.25) is 0 Å². The number of amides is 2. The first-order valence-electron chi connectivity index (χ1n) is 7.93. The molecule has 0 aromatic carbocycles. The van der Waals surface area contributed by atoms with Crippen LogP contribution in [0.5, 0.6) is 0 Å². The second-order valence-corrected chi connectivity index (χ2v) is 6.46. The number of hydrogen-bond donors (Lipinski definition) is 2. The van der Waals surface area contributed by atoms with Crippen LogP contribution in [0.1, 0.15) is 26.1 Å². The summed E-state index contributed by atoms with van der Waals surface area (Å²) in [6.45, 7) is 5.47. The van der Waals surface area contributed by atoms with Gasteiger partial charge in [-0.15, -0.1) is 10.2 Å². The van der Waals surface area contributed by atoms with Crippen molar-refractivity contribution in [3.05, 3.63) is 30.2 Å². The molecule has 0 spiro atoms. The maximum absolute atomic E-state index is 12.1. The van der Waals surface area contributed by atoms with E-state index < -0.39 is 0 Å². The van der Waals surface area contributed by atoms with E-state index in [0.29, 0.717) is 18.3 Å². The molecule has 0 saturated heterocycles. The largest absolute Gasteiger partial charge is 0.334 e. The average molecular weight is 318 g/mol. The standard InChI is InChI=1S/C16H26N6O/c1-12(2)9-13(11-21(3)4)18-16(23)17-10-15-20-19-14-7-5-6-8-22(14)15/h5-8,12-13H,9-11H2,1-4H3,(H2,17,18,23)/t13-/m1/s1. The van der Waals surface area contributed by atoms with Gasteiger partial charge in [-0.25, -0.2) is 4.79 Å². The van der Waals surface area contributed by atoms with Crippen molar-refractivity contribution in [2.75, 3.05) is 20.6 Å². The third-order valence-corrected chi connectivity index (χ3v) is 3.47. The predicted octanol–water partition coefficient (Wildman–Crippen LogP) is 1.50. The van der Waals surface area contributed by atoms with E-state index in [1.54, 1.807) is 0 Å². The number of hydrogen-bond acceptors (Lipinski definition) is 4. The number of rotatable bonds is 7. The Morgan fingerprint density at radius 2 is 2.09 bits per heavy atom. The minimum absolute atomic E-state index is 0.125. The van der Waals surface area contributed by atoms with Gasteiger partial charge in [0.1, 0.15) is 0 Å². The fourth-order valence-electron chi connectivity index (χ4n) is 2.60. The summed E-state index contributed by atoms with van der Waals surface area (Å²) in [7, 11) is 4.02. The molecule has 1 atom stereocenters. The molecule has 0 bridgehead atoms. The number of nitrogens with zero attached hydrogens (tertiary/aromatic N) is 4. The minimum Gasteiger partial charge on any atom is -0.334 e. The molecule has 7 heteroatoms. The van der Waals surface area contributed by atoms with E-state index in [0.717, 1.165) is 18.6 Å². The Kier molecular flexibility index (Phi) is 5.92. The number of urea groups is 1. The van der Waals surface area contributed by atoms with Crippen LogP contribution >= 0.6 is 0 Å². The summed E-state index contributed by atoms with van der Waals surface area (Å²) in [5.41, 5.74) is 0.773. The zero-order chi connectivity index (χ0) is 16.8. The SMILES string of the molecule is CC(C)C[C@H](CN(C)C)NC(=O)NCc1nnc2ccccn12. The molecule has 0 radical (unpaired) electrons. The highest BCUT2D eigenvalue weighted by Crippen LogP contribution is 2.06. The van der Waals surface area contributed by atoms with E-state index in [4.69, 9.17) is 0 Å². The van der Waals surface area contributed by atoms with Crippen LogP contribution < -0.4 is 10.6 Å². The Hall–Kier alpha value is -2.15. The predicted molar refractivity (Wildman–Crippen MR) is 90.2 cm³/mol. The summed E-state index contributed by atoms with van der Waals surface area (Å²) in [5, 5.41) is 14.1. The highest BCUT2D eigenvalue weighted by atomic mass is 16.2. The van der Waals surface area contributed by atoms with Gasteiger partial charge in [-0.05, 0) is 38.6 Å². The third kappa shape index (κ3) is 5.21. The van der Waals surface area contributed by atoms with Gasteiger partial charge in [0.05, 0.1) is 6.54 Å². The maximum Gasteiger partial charge on any atom is 0.315 e. The maximum atomic E-state index is 12.1. The normalized spacial score (nSPS) is 12.8. The van der Waals surface area contributed by atoms with Gasteiger partial charge in [-0.1, -0.05) is 19.9 Å². The molecule has 7 nitrogen and oxygen atoms in total. The first-order valence-corrected chi connectivity index (χ1v) is 7.93. The van der Waals surface area contributed by atoms with Crippen molar-refractivity contribution < 1.29 is 4.79 Å². The Labute approximate surface area is 137 Å². The van der Waals surface area contributed by atoms with E-state index in [2.05, 4.69) is 39.6 Å². The molecule has 0 unspecified atom stereocenters. The molecular weight excluding hydrogens is 292 g/mol. The summed E-state index contributed by atoms with van der Waals surface area (Å²) in [4.78, 5) is 14.2. The van der Waals surface area contributed by atoms with E-state index in [9.17, 15) is 4.79 Å². The van der Waals surface area contributed by atoms with Crippen molar-refractivity contribution in [2.45, 2.75) is 32.9 Å². The minimum atomic E-state index is -0.176. The molecule has 2 N–H and O–H groups in total. The van der Waals surface area contributed by atoms with Crippen molar-refractivity contribution in [1.82, 2.24) is 30.1 Å². The van der Waals surface area contributed by atoms with E-state index in [1.165, 1.54) is 0 Å². The molecule has 23 heavy (non-hydrogen) atoms. The summed E-state index contributed by atoms with van der Waals surface area (Å²) < 4.78 is 1.87. The van der Waals surface area contributed by atoms with Crippen LogP contribution in [0.3, 0.4) is 0 Å². The van der Waals surface area contributed by atoms with Crippen molar-refractivity contribution in [3.63, 3.8) is 0 Å². The lowest BCUT2D eigenvalue weighted by atomic mass is 10.0. The molecule has 2 amide bonds. The van der Waals surface area contributed by atoms with Crippen LogP contribution in [0.15, 0.2) is 24.4 Å². The van der Waals surface area contributed by atoms with Gasteiger partial charge >= 0.3 is 6.03 Å². The Morgan fingerprint density at radius 3 is 2.78 bits per heavy atom. The summed E-state index contributed by atoms with van der Waals surface area (Å²) in [6, 6.07) is 5.65. The van der Waals surface area contributed by atoms with E-state index in [1.807, 2.05) is 42.9 Å². The highest BCUT2D eigenvalue weighted by Gasteiger charge is 2.15. The molecule has 0 aliphatic carbocycles. The molecule has 2 rings (SSSR count). The number of likely N-dealkylation sites (N-methyl/N-ethyl adjacent to an activating group) is 1. The molecule has 0 aliphatic rings. The molecule has 0 fully saturated rings. The second kappa shape index (κ2) is 7.92. The van der Waals surface area contributed by atoms with Crippen LogP contribution in [0.25, 0.3) is 5.65 Å². The number of pyridine rings is 1. The summed E-state index contributed by atoms with van der Waals surface area (Å²) in [5.74, 6) is 1.24. The van der Waals surface area contributed by atoms with Gasteiger partial charge in [0, 0.05) is 18.8 Å². The van der Waals surface area contributed by atoms with Crippen LogP contribution in [0, 0.1) is 5.92 Å². The molecule has 126 valence electrons. The molecule has 2 aromatic heterocycles.